The van der Waals surface area contributed by atoms with E-state index >= 15 is 0 Å². The summed E-state index contributed by atoms with van der Waals surface area (Å²) in [6, 6.07) is 12.0. The SMILES string of the molecule is CC(C)NC(C)(C#N)CCCN1c2ccccc2CC1C. The minimum atomic E-state index is -0.420. The lowest BCUT2D eigenvalue weighted by molar-refractivity contribution is 0.373. The molecule has 1 aliphatic heterocycles. The Balaban J connectivity index is 1.93. The van der Waals surface area contributed by atoms with Crippen LogP contribution in [0.5, 0.6) is 0 Å². The highest BCUT2D eigenvalue weighted by Gasteiger charge is 2.27. The van der Waals surface area contributed by atoms with Crippen molar-refractivity contribution < 1.29 is 0 Å². The minimum absolute atomic E-state index is 0.334. The van der Waals surface area contributed by atoms with E-state index in [1.54, 1.807) is 0 Å². The van der Waals surface area contributed by atoms with E-state index in [4.69, 9.17) is 0 Å². The second-order valence-electron chi connectivity index (χ2n) is 6.72. The van der Waals surface area contributed by atoms with Crippen LogP contribution >= 0.6 is 0 Å². The summed E-state index contributed by atoms with van der Waals surface area (Å²) in [5.74, 6) is 0. The smallest absolute Gasteiger partial charge is 0.104 e. The topological polar surface area (TPSA) is 39.1 Å². The van der Waals surface area contributed by atoms with E-state index in [0.717, 1.165) is 25.8 Å². The molecule has 0 radical (unpaired) electrons. The highest BCUT2D eigenvalue weighted by Crippen LogP contribution is 2.32. The number of hydrogen-bond acceptors (Lipinski definition) is 3. The molecule has 0 saturated carbocycles. The molecule has 114 valence electrons. The van der Waals surface area contributed by atoms with E-state index in [0.29, 0.717) is 12.1 Å². The Kier molecular flexibility index (Phi) is 4.90. The Labute approximate surface area is 129 Å². The predicted octanol–water partition coefficient (Wildman–Crippen LogP) is 3.50. The first kappa shape index (κ1) is 15.9. The average molecular weight is 285 g/mol. The van der Waals surface area contributed by atoms with Gasteiger partial charge in [-0.05, 0) is 58.6 Å². The summed E-state index contributed by atoms with van der Waals surface area (Å²) >= 11 is 0. The first-order valence-corrected chi connectivity index (χ1v) is 7.99. The molecule has 0 fully saturated rings. The predicted molar refractivity (Wildman–Crippen MR) is 88.5 cm³/mol. The third-order valence-electron chi connectivity index (χ3n) is 4.28. The van der Waals surface area contributed by atoms with Crippen LogP contribution in [0.15, 0.2) is 24.3 Å². The fraction of sp³-hybridized carbons (Fsp3) is 0.611. The number of nitrogens with one attached hydrogen (secondary N) is 1. The standard InChI is InChI=1S/C18H27N3/c1-14(2)20-18(4,13-19)10-7-11-21-15(3)12-16-8-5-6-9-17(16)21/h5-6,8-9,14-15,20H,7,10-12H2,1-4H3. The van der Waals surface area contributed by atoms with Crippen molar-refractivity contribution in [3.05, 3.63) is 29.8 Å². The number of rotatable bonds is 6. The highest BCUT2D eigenvalue weighted by atomic mass is 15.2. The summed E-state index contributed by atoms with van der Waals surface area (Å²) in [5.41, 5.74) is 2.41. The van der Waals surface area contributed by atoms with Crippen molar-refractivity contribution >= 4 is 5.69 Å². The Morgan fingerprint density at radius 1 is 1.43 bits per heavy atom. The van der Waals surface area contributed by atoms with E-state index in [-0.39, 0.29) is 0 Å². The molecule has 1 N–H and O–H groups in total. The summed E-state index contributed by atoms with van der Waals surface area (Å²) in [6.07, 6.45) is 3.05. The molecule has 1 aliphatic rings. The number of anilines is 1. The second-order valence-corrected chi connectivity index (χ2v) is 6.72. The Bertz CT molecular complexity index is 517. The molecule has 2 unspecified atom stereocenters. The number of fused-ring (bicyclic) bond motifs is 1. The van der Waals surface area contributed by atoms with Crippen LogP contribution in [0, 0.1) is 11.3 Å². The van der Waals surface area contributed by atoms with E-state index in [1.807, 2.05) is 6.92 Å². The molecule has 2 rings (SSSR count). The maximum absolute atomic E-state index is 9.41. The molecule has 1 aromatic carbocycles. The molecule has 1 aromatic rings. The average Bonchev–Trinajstić information content (AvgIpc) is 2.74. The first-order chi connectivity index (χ1) is 9.95. The zero-order valence-corrected chi connectivity index (χ0v) is 13.7. The van der Waals surface area contributed by atoms with Crippen LogP contribution < -0.4 is 10.2 Å². The van der Waals surface area contributed by atoms with Crippen LogP contribution in [0.2, 0.25) is 0 Å². The van der Waals surface area contributed by atoms with Crippen molar-refractivity contribution in [1.29, 1.82) is 5.26 Å². The van der Waals surface area contributed by atoms with Gasteiger partial charge in [-0.1, -0.05) is 18.2 Å². The number of nitriles is 1. The molecule has 0 bridgehead atoms. The van der Waals surface area contributed by atoms with Crippen molar-refractivity contribution in [2.75, 3.05) is 11.4 Å². The molecule has 21 heavy (non-hydrogen) atoms. The van der Waals surface area contributed by atoms with Crippen LogP contribution in [0.1, 0.15) is 46.1 Å². The summed E-state index contributed by atoms with van der Waals surface area (Å²) < 4.78 is 0. The molecule has 2 atom stereocenters. The van der Waals surface area contributed by atoms with Crippen molar-refractivity contribution in [3.63, 3.8) is 0 Å². The molecule has 3 nitrogen and oxygen atoms in total. The van der Waals surface area contributed by atoms with Gasteiger partial charge in [-0.25, -0.2) is 0 Å². The fourth-order valence-corrected chi connectivity index (χ4v) is 3.37. The Morgan fingerprint density at radius 2 is 2.14 bits per heavy atom. The summed E-state index contributed by atoms with van der Waals surface area (Å²) in [4.78, 5) is 2.49. The van der Waals surface area contributed by atoms with Crippen LogP contribution in [-0.2, 0) is 6.42 Å². The van der Waals surface area contributed by atoms with E-state index in [1.165, 1.54) is 11.3 Å². The molecule has 3 heteroatoms. The minimum Gasteiger partial charge on any atom is -0.368 e. The van der Waals surface area contributed by atoms with Gasteiger partial charge >= 0.3 is 0 Å². The van der Waals surface area contributed by atoms with Gasteiger partial charge in [-0.3, -0.25) is 5.32 Å². The zero-order chi connectivity index (χ0) is 15.5. The molecular formula is C18H27N3. The van der Waals surface area contributed by atoms with Gasteiger partial charge in [0.25, 0.3) is 0 Å². The van der Waals surface area contributed by atoms with Gasteiger partial charge in [0.15, 0.2) is 0 Å². The summed E-state index contributed by atoms with van der Waals surface area (Å²) in [5, 5.41) is 12.8. The maximum Gasteiger partial charge on any atom is 0.104 e. The van der Waals surface area contributed by atoms with Gasteiger partial charge in [0, 0.05) is 24.3 Å². The van der Waals surface area contributed by atoms with Gasteiger partial charge in [-0.15, -0.1) is 0 Å². The summed E-state index contributed by atoms with van der Waals surface area (Å²) in [6.45, 7) is 9.50. The zero-order valence-electron chi connectivity index (χ0n) is 13.7. The molecule has 0 saturated heterocycles. The lowest BCUT2D eigenvalue weighted by Crippen LogP contribution is -2.45. The third-order valence-corrected chi connectivity index (χ3v) is 4.28. The molecular weight excluding hydrogens is 258 g/mol. The number of para-hydroxylation sites is 1. The van der Waals surface area contributed by atoms with E-state index in [2.05, 4.69) is 61.3 Å². The van der Waals surface area contributed by atoms with E-state index < -0.39 is 5.54 Å². The van der Waals surface area contributed by atoms with Gasteiger partial charge < -0.3 is 4.90 Å². The van der Waals surface area contributed by atoms with Gasteiger partial charge in [0.05, 0.1) is 6.07 Å². The van der Waals surface area contributed by atoms with Gasteiger partial charge in [0.2, 0.25) is 0 Å². The Hall–Kier alpha value is -1.53. The fourth-order valence-electron chi connectivity index (χ4n) is 3.37. The normalized spacial score (nSPS) is 20.2. The maximum atomic E-state index is 9.41. The Morgan fingerprint density at radius 3 is 2.81 bits per heavy atom. The number of benzene rings is 1. The van der Waals surface area contributed by atoms with Crippen LogP contribution in [0.25, 0.3) is 0 Å². The van der Waals surface area contributed by atoms with Crippen molar-refractivity contribution in [2.45, 2.75) is 64.6 Å². The van der Waals surface area contributed by atoms with Crippen molar-refractivity contribution in [1.82, 2.24) is 5.32 Å². The second kappa shape index (κ2) is 6.49. The van der Waals surface area contributed by atoms with Crippen LogP contribution in [0.4, 0.5) is 5.69 Å². The van der Waals surface area contributed by atoms with Gasteiger partial charge in [-0.2, -0.15) is 5.26 Å². The molecule has 0 aliphatic carbocycles. The quantitative estimate of drug-likeness (QED) is 0.869. The third kappa shape index (κ3) is 3.77. The van der Waals surface area contributed by atoms with Crippen molar-refractivity contribution in [3.8, 4) is 6.07 Å². The van der Waals surface area contributed by atoms with Crippen molar-refractivity contribution in [2.24, 2.45) is 0 Å². The molecule has 0 amide bonds. The van der Waals surface area contributed by atoms with E-state index in [9.17, 15) is 5.26 Å². The molecule has 1 heterocycles. The number of hydrogen-bond donors (Lipinski definition) is 1. The summed E-state index contributed by atoms with van der Waals surface area (Å²) in [7, 11) is 0. The lowest BCUT2D eigenvalue weighted by atomic mass is 9.96. The first-order valence-electron chi connectivity index (χ1n) is 7.99. The molecule has 0 spiro atoms. The molecule has 0 aromatic heterocycles. The van der Waals surface area contributed by atoms with Gasteiger partial charge in [0.1, 0.15) is 5.54 Å². The highest BCUT2D eigenvalue weighted by molar-refractivity contribution is 5.59. The largest absolute Gasteiger partial charge is 0.368 e. The van der Waals surface area contributed by atoms with Crippen LogP contribution in [0.3, 0.4) is 0 Å². The number of nitrogens with zero attached hydrogens (tertiary/aromatic N) is 2. The van der Waals surface area contributed by atoms with Crippen LogP contribution in [-0.4, -0.2) is 24.2 Å². The monoisotopic (exact) mass is 285 g/mol. The lowest BCUT2D eigenvalue weighted by Gasteiger charge is -2.29.